The van der Waals surface area contributed by atoms with Gasteiger partial charge in [-0.2, -0.15) is 0 Å². The van der Waals surface area contributed by atoms with Gasteiger partial charge in [0.15, 0.2) is 5.16 Å². The standard InChI is InChI=1S/C19H17F3N2O2S/c1-3-27-18-23-12-17(13-4-8-15(25-2)9-5-13)24(18)14-6-10-16(11-7-14)26-19(20,21)22/h4-12H,3H2,1-2H3. The molecule has 0 radical (unpaired) electrons. The molecule has 0 N–H and O–H groups in total. The third kappa shape index (κ3) is 4.57. The van der Waals surface area contributed by atoms with Gasteiger partial charge in [-0.3, -0.25) is 4.57 Å². The number of methoxy groups -OCH3 is 1. The molecule has 0 aliphatic heterocycles. The summed E-state index contributed by atoms with van der Waals surface area (Å²) in [6.45, 7) is 2.01. The van der Waals surface area contributed by atoms with E-state index < -0.39 is 6.36 Å². The van der Waals surface area contributed by atoms with E-state index in [1.54, 1.807) is 37.2 Å². The van der Waals surface area contributed by atoms with Gasteiger partial charge in [-0.15, -0.1) is 13.2 Å². The second-order valence-electron chi connectivity index (χ2n) is 5.46. The highest BCUT2D eigenvalue weighted by molar-refractivity contribution is 7.99. The van der Waals surface area contributed by atoms with Gasteiger partial charge >= 0.3 is 6.36 Å². The Morgan fingerprint density at radius 3 is 2.19 bits per heavy atom. The van der Waals surface area contributed by atoms with Crippen LogP contribution in [-0.2, 0) is 0 Å². The van der Waals surface area contributed by atoms with Crippen LogP contribution in [0.25, 0.3) is 16.9 Å². The first-order valence-corrected chi connectivity index (χ1v) is 9.11. The van der Waals surface area contributed by atoms with Crippen molar-refractivity contribution in [1.29, 1.82) is 0 Å². The fourth-order valence-electron chi connectivity index (χ4n) is 2.58. The highest BCUT2D eigenvalue weighted by atomic mass is 32.2. The van der Waals surface area contributed by atoms with Crippen molar-refractivity contribution in [2.75, 3.05) is 12.9 Å². The number of hydrogen-bond donors (Lipinski definition) is 0. The highest BCUT2D eigenvalue weighted by Gasteiger charge is 2.31. The van der Waals surface area contributed by atoms with E-state index in [0.717, 1.165) is 27.9 Å². The van der Waals surface area contributed by atoms with Crippen molar-refractivity contribution in [2.45, 2.75) is 18.4 Å². The van der Waals surface area contributed by atoms with Gasteiger partial charge < -0.3 is 9.47 Å². The fraction of sp³-hybridized carbons (Fsp3) is 0.211. The van der Waals surface area contributed by atoms with Crippen LogP contribution in [-0.4, -0.2) is 28.8 Å². The normalized spacial score (nSPS) is 11.4. The van der Waals surface area contributed by atoms with E-state index >= 15 is 0 Å². The zero-order valence-corrected chi connectivity index (χ0v) is 15.5. The minimum atomic E-state index is -4.71. The summed E-state index contributed by atoms with van der Waals surface area (Å²) < 4.78 is 48.2. The molecule has 0 aliphatic rings. The molecule has 1 heterocycles. The number of hydrogen-bond acceptors (Lipinski definition) is 4. The van der Waals surface area contributed by atoms with Crippen molar-refractivity contribution in [3.63, 3.8) is 0 Å². The first-order chi connectivity index (χ1) is 12.9. The van der Waals surface area contributed by atoms with Gasteiger partial charge in [0.05, 0.1) is 19.0 Å². The summed E-state index contributed by atoms with van der Waals surface area (Å²) in [5.74, 6) is 1.29. The van der Waals surface area contributed by atoms with E-state index in [0.29, 0.717) is 5.69 Å². The fourth-order valence-corrected chi connectivity index (χ4v) is 3.30. The monoisotopic (exact) mass is 394 g/mol. The molecule has 0 bridgehead atoms. The average Bonchev–Trinajstić information content (AvgIpc) is 3.05. The Labute approximate surface area is 158 Å². The molecule has 3 aromatic rings. The molecule has 0 fully saturated rings. The molecule has 0 unspecified atom stereocenters. The maximum absolute atomic E-state index is 12.4. The van der Waals surface area contributed by atoms with Crippen molar-refractivity contribution in [3.05, 3.63) is 54.7 Å². The largest absolute Gasteiger partial charge is 0.573 e. The number of nitrogens with zero attached hydrogens (tertiary/aromatic N) is 2. The van der Waals surface area contributed by atoms with E-state index in [1.165, 1.54) is 12.1 Å². The summed E-state index contributed by atoms with van der Waals surface area (Å²) in [5, 5.41) is 0.757. The Morgan fingerprint density at radius 1 is 1.00 bits per heavy atom. The number of aromatic nitrogens is 2. The van der Waals surface area contributed by atoms with Crippen molar-refractivity contribution in [3.8, 4) is 28.4 Å². The number of alkyl halides is 3. The lowest BCUT2D eigenvalue weighted by Crippen LogP contribution is -2.17. The van der Waals surface area contributed by atoms with Crippen LogP contribution >= 0.6 is 11.8 Å². The number of thioether (sulfide) groups is 1. The number of imidazole rings is 1. The first kappa shape index (κ1) is 19.2. The van der Waals surface area contributed by atoms with Crippen LogP contribution in [0.2, 0.25) is 0 Å². The van der Waals surface area contributed by atoms with Crippen molar-refractivity contribution < 1.29 is 22.6 Å². The number of ether oxygens (including phenoxy) is 2. The number of benzene rings is 2. The zero-order valence-electron chi connectivity index (χ0n) is 14.7. The Bertz CT molecular complexity index is 891. The van der Waals surface area contributed by atoms with Crippen LogP contribution in [0.3, 0.4) is 0 Å². The maximum atomic E-state index is 12.4. The average molecular weight is 394 g/mol. The third-order valence-electron chi connectivity index (χ3n) is 3.72. The van der Waals surface area contributed by atoms with Gasteiger partial charge in [0.2, 0.25) is 0 Å². The predicted octanol–water partition coefficient (Wildman–Crippen LogP) is 5.56. The Kier molecular flexibility index (Phi) is 5.65. The highest BCUT2D eigenvalue weighted by Crippen LogP contribution is 2.32. The molecule has 8 heteroatoms. The molecule has 0 aliphatic carbocycles. The van der Waals surface area contributed by atoms with Gasteiger partial charge in [0.25, 0.3) is 0 Å². The van der Waals surface area contributed by atoms with Crippen LogP contribution in [0.4, 0.5) is 13.2 Å². The quantitative estimate of drug-likeness (QED) is 0.513. The first-order valence-electron chi connectivity index (χ1n) is 8.12. The Hall–Kier alpha value is -2.61. The Balaban J connectivity index is 2.01. The molecule has 0 saturated heterocycles. The molecule has 0 spiro atoms. The SMILES string of the molecule is CCSc1ncc(-c2ccc(OC)cc2)n1-c1ccc(OC(F)(F)F)cc1. The maximum Gasteiger partial charge on any atom is 0.573 e. The van der Waals surface area contributed by atoms with Gasteiger partial charge in [0.1, 0.15) is 11.5 Å². The third-order valence-corrected chi connectivity index (χ3v) is 4.55. The second kappa shape index (κ2) is 7.96. The van der Waals surface area contributed by atoms with Crippen molar-refractivity contribution in [2.24, 2.45) is 0 Å². The van der Waals surface area contributed by atoms with Crippen LogP contribution in [0.15, 0.2) is 59.9 Å². The minimum Gasteiger partial charge on any atom is -0.497 e. The molecule has 0 atom stereocenters. The Morgan fingerprint density at radius 2 is 1.63 bits per heavy atom. The lowest BCUT2D eigenvalue weighted by atomic mass is 10.1. The molecular formula is C19H17F3N2O2S. The number of halogens is 3. The predicted molar refractivity (Wildman–Crippen MR) is 98.6 cm³/mol. The van der Waals surface area contributed by atoms with Gasteiger partial charge in [-0.1, -0.05) is 18.7 Å². The summed E-state index contributed by atoms with van der Waals surface area (Å²) in [7, 11) is 1.60. The summed E-state index contributed by atoms with van der Waals surface area (Å²) in [6.07, 6.45) is -2.96. The van der Waals surface area contributed by atoms with E-state index in [9.17, 15) is 13.2 Å². The van der Waals surface area contributed by atoms with E-state index in [1.807, 2.05) is 35.8 Å². The smallest absolute Gasteiger partial charge is 0.497 e. The molecule has 1 aromatic heterocycles. The van der Waals surface area contributed by atoms with E-state index in [2.05, 4.69) is 9.72 Å². The van der Waals surface area contributed by atoms with Gasteiger partial charge in [-0.05, 0) is 54.3 Å². The van der Waals surface area contributed by atoms with Crippen molar-refractivity contribution >= 4 is 11.8 Å². The molecule has 142 valence electrons. The summed E-state index contributed by atoms with van der Waals surface area (Å²) >= 11 is 1.55. The van der Waals surface area contributed by atoms with Gasteiger partial charge in [0, 0.05) is 11.3 Å². The number of rotatable bonds is 6. The molecule has 4 nitrogen and oxygen atoms in total. The van der Waals surface area contributed by atoms with Crippen LogP contribution in [0.5, 0.6) is 11.5 Å². The lowest BCUT2D eigenvalue weighted by molar-refractivity contribution is -0.274. The second-order valence-corrected chi connectivity index (χ2v) is 6.70. The summed E-state index contributed by atoms with van der Waals surface area (Å²) in [4.78, 5) is 4.47. The molecule has 2 aromatic carbocycles. The molecule has 0 saturated carbocycles. The van der Waals surface area contributed by atoms with Gasteiger partial charge in [-0.25, -0.2) is 4.98 Å². The molecule has 27 heavy (non-hydrogen) atoms. The summed E-state index contributed by atoms with van der Waals surface area (Å²) in [5.41, 5.74) is 2.45. The van der Waals surface area contributed by atoms with E-state index in [4.69, 9.17) is 4.74 Å². The van der Waals surface area contributed by atoms with Crippen LogP contribution < -0.4 is 9.47 Å². The summed E-state index contributed by atoms with van der Waals surface area (Å²) in [6, 6.07) is 13.3. The van der Waals surface area contributed by atoms with E-state index in [-0.39, 0.29) is 5.75 Å². The zero-order chi connectivity index (χ0) is 19.4. The molecular weight excluding hydrogens is 377 g/mol. The minimum absolute atomic E-state index is 0.262. The van der Waals surface area contributed by atoms with Crippen LogP contribution in [0.1, 0.15) is 6.92 Å². The molecule has 0 amide bonds. The van der Waals surface area contributed by atoms with Crippen LogP contribution in [0, 0.1) is 0 Å². The van der Waals surface area contributed by atoms with Crippen molar-refractivity contribution in [1.82, 2.24) is 9.55 Å². The topological polar surface area (TPSA) is 36.3 Å². The molecule has 3 rings (SSSR count). The lowest BCUT2D eigenvalue weighted by Gasteiger charge is -2.14.